The van der Waals surface area contributed by atoms with Crippen molar-refractivity contribution >= 4 is 0 Å². The molecule has 8 heteroatoms. The van der Waals surface area contributed by atoms with Crippen LogP contribution in [0.25, 0.3) is 11.1 Å². The van der Waals surface area contributed by atoms with Crippen molar-refractivity contribution in [2.24, 2.45) is 0 Å². The molecule has 2 aromatic heterocycles. The van der Waals surface area contributed by atoms with Crippen LogP contribution in [0.5, 0.6) is 5.88 Å². The molecule has 0 aliphatic carbocycles. The van der Waals surface area contributed by atoms with Crippen molar-refractivity contribution in [3.05, 3.63) is 60.6 Å². The molecule has 0 N–H and O–H groups in total. The molecular weight excluding hydrogens is 309 g/mol. The normalized spacial score (nSPS) is 11.0. The smallest absolute Gasteiger partial charge is 0.388 e. The molecule has 3 aromatic rings. The minimum Gasteiger partial charge on any atom is -0.416 e. The average Bonchev–Trinajstić information content (AvgIpc) is 3.01. The van der Waals surface area contributed by atoms with E-state index in [1.807, 2.05) is 0 Å². The number of rotatable bonds is 5. The Bertz CT molecular complexity index is 793. The number of ether oxygens (including phenoxy) is 1. The molecule has 0 radical (unpaired) electrons. The molecule has 1 aromatic carbocycles. The Morgan fingerprint density at radius 1 is 1.22 bits per heavy atom. The van der Waals surface area contributed by atoms with Gasteiger partial charge in [-0.15, -0.1) is 0 Å². The van der Waals surface area contributed by atoms with E-state index in [-0.39, 0.29) is 11.4 Å². The zero-order valence-corrected chi connectivity index (χ0v) is 11.7. The number of benzene rings is 1. The summed E-state index contributed by atoms with van der Waals surface area (Å²) in [6.45, 7) is -2.67. The summed E-state index contributed by atoms with van der Waals surface area (Å²) in [6, 6.07) is 7.19. The number of pyridine rings is 1. The van der Waals surface area contributed by atoms with Crippen molar-refractivity contribution in [3.63, 3.8) is 0 Å². The van der Waals surface area contributed by atoms with E-state index < -0.39 is 12.4 Å². The molecular formula is C15H11F3N4O. The minimum atomic E-state index is -3.02. The second-order valence-corrected chi connectivity index (χ2v) is 4.68. The van der Waals surface area contributed by atoms with E-state index in [4.69, 9.17) is 0 Å². The molecule has 118 valence electrons. The Labute approximate surface area is 129 Å². The lowest BCUT2D eigenvalue weighted by Gasteiger charge is -2.12. The van der Waals surface area contributed by atoms with Gasteiger partial charge in [0, 0.05) is 11.8 Å². The van der Waals surface area contributed by atoms with Crippen LogP contribution in [-0.4, -0.2) is 26.4 Å². The Morgan fingerprint density at radius 3 is 2.78 bits per heavy atom. The third-order valence-corrected chi connectivity index (χ3v) is 3.06. The highest BCUT2D eigenvalue weighted by atomic mass is 19.3. The maximum atomic E-state index is 13.4. The van der Waals surface area contributed by atoms with Gasteiger partial charge in [0.25, 0.3) is 0 Å². The van der Waals surface area contributed by atoms with Gasteiger partial charge in [-0.05, 0) is 29.3 Å². The Hall–Kier alpha value is -2.90. The van der Waals surface area contributed by atoms with E-state index >= 15 is 0 Å². The van der Waals surface area contributed by atoms with E-state index in [1.165, 1.54) is 37.1 Å². The molecule has 0 fully saturated rings. The summed E-state index contributed by atoms with van der Waals surface area (Å²) in [7, 11) is 0. The number of alkyl halides is 2. The lowest BCUT2D eigenvalue weighted by Crippen LogP contribution is -2.07. The Morgan fingerprint density at radius 2 is 2.09 bits per heavy atom. The molecule has 3 rings (SSSR count). The Balaban J connectivity index is 2.01. The molecule has 0 saturated heterocycles. The molecule has 0 aliphatic heterocycles. The van der Waals surface area contributed by atoms with Gasteiger partial charge < -0.3 is 4.74 Å². The number of hydrogen-bond acceptors (Lipinski definition) is 4. The topological polar surface area (TPSA) is 52.8 Å². The van der Waals surface area contributed by atoms with Gasteiger partial charge in [0.2, 0.25) is 5.88 Å². The van der Waals surface area contributed by atoms with E-state index in [2.05, 4.69) is 19.8 Å². The van der Waals surface area contributed by atoms with Crippen LogP contribution in [0.15, 0.2) is 49.2 Å². The van der Waals surface area contributed by atoms with E-state index in [0.717, 1.165) is 0 Å². The highest BCUT2D eigenvalue weighted by Crippen LogP contribution is 2.30. The van der Waals surface area contributed by atoms with Crippen molar-refractivity contribution in [1.29, 1.82) is 0 Å². The van der Waals surface area contributed by atoms with Crippen LogP contribution in [0.4, 0.5) is 13.2 Å². The summed E-state index contributed by atoms with van der Waals surface area (Å²) in [5.41, 5.74) is 1.37. The standard InChI is InChI=1S/C15H11F3N4O/c16-12-3-1-2-11(5-12)13-4-10(7-22-9-19-8-21-22)6-20-14(13)23-15(17)18/h1-6,8-9,15H,7H2. The zero-order valence-electron chi connectivity index (χ0n) is 11.7. The first-order valence-electron chi connectivity index (χ1n) is 6.64. The van der Waals surface area contributed by atoms with Gasteiger partial charge in [0.05, 0.1) is 6.54 Å². The number of hydrogen-bond donors (Lipinski definition) is 0. The third kappa shape index (κ3) is 3.65. The van der Waals surface area contributed by atoms with Gasteiger partial charge in [-0.1, -0.05) is 12.1 Å². The van der Waals surface area contributed by atoms with Crippen molar-refractivity contribution in [2.45, 2.75) is 13.2 Å². The Kier molecular flexibility index (Phi) is 4.22. The van der Waals surface area contributed by atoms with Crippen molar-refractivity contribution < 1.29 is 17.9 Å². The molecule has 0 unspecified atom stereocenters. The summed E-state index contributed by atoms with van der Waals surface area (Å²) in [4.78, 5) is 7.74. The molecule has 0 saturated carbocycles. The van der Waals surface area contributed by atoms with Gasteiger partial charge in [-0.25, -0.2) is 19.0 Å². The average molecular weight is 320 g/mol. The molecule has 23 heavy (non-hydrogen) atoms. The predicted octanol–water partition coefficient (Wildman–Crippen LogP) is 3.13. The SMILES string of the molecule is Fc1cccc(-c2cc(Cn3cncn3)cnc2OC(F)F)c1. The first-order chi connectivity index (χ1) is 11.1. The summed E-state index contributed by atoms with van der Waals surface area (Å²) in [6.07, 6.45) is 4.31. The van der Waals surface area contributed by atoms with Crippen LogP contribution in [0, 0.1) is 5.82 Å². The first kappa shape index (κ1) is 15.0. The van der Waals surface area contributed by atoms with Crippen LogP contribution in [0.3, 0.4) is 0 Å². The summed E-state index contributed by atoms with van der Waals surface area (Å²) in [5, 5.41) is 3.97. The van der Waals surface area contributed by atoms with Crippen molar-refractivity contribution in [2.75, 3.05) is 0 Å². The lowest BCUT2D eigenvalue weighted by atomic mass is 10.1. The van der Waals surface area contributed by atoms with Gasteiger partial charge in [-0.2, -0.15) is 13.9 Å². The zero-order chi connectivity index (χ0) is 16.2. The van der Waals surface area contributed by atoms with Gasteiger partial charge >= 0.3 is 6.61 Å². The molecule has 0 atom stereocenters. The molecule has 0 amide bonds. The highest BCUT2D eigenvalue weighted by Gasteiger charge is 2.14. The minimum absolute atomic E-state index is 0.257. The monoisotopic (exact) mass is 320 g/mol. The summed E-state index contributed by atoms with van der Waals surface area (Å²) in [5.74, 6) is -0.736. The fourth-order valence-electron chi connectivity index (χ4n) is 2.12. The second-order valence-electron chi connectivity index (χ2n) is 4.68. The van der Waals surface area contributed by atoms with Crippen LogP contribution < -0.4 is 4.74 Å². The predicted molar refractivity (Wildman–Crippen MR) is 75.4 cm³/mol. The fourth-order valence-corrected chi connectivity index (χ4v) is 2.12. The van der Waals surface area contributed by atoms with Gasteiger partial charge in [0.1, 0.15) is 18.5 Å². The third-order valence-electron chi connectivity index (χ3n) is 3.06. The van der Waals surface area contributed by atoms with Crippen LogP contribution in [-0.2, 0) is 6.54 Å². The largest absolute Gasteiger partial charge is 0.416 e. The van der Waals surface area contributed by atoms with Crippen LogP contribution in [0.2, 0.25) is 0 Å². The first-order valence-corrected chi connectivity index (χ1v) is 6.64. The van der Waals surface area contributed by atoms with Crippen molar-refractivity contribution in [1.82, 2.24) is 19.7 Å². The van der Waals surface area contributed by atoms with E-state index in [1.54, 1.807) is 16.8 Å². The van der Waals surface area contributed by atoms with E-state index in [0.29, 0.717) is 17.7 Å². The maximum Gasteiger partial charge on any atom is 0.388 e. The maximum absolute atomic E-state index is 13.4. The molecule has 2 heterocycles. The number of halogens is 3. The summed E-state index contributed by atoms with van der Waals surface area (Å²) >= 11 is 0. The highest BCUT2D eigenvalue weighted by molar-refractivity contribution is 5.69. The van der Waals surface area contributed by atoms with Crippen molar-refractivity contribution in [3.8, 4) is 17.0 Å². The summed E-state index contributed by atoms with van der Waals surface area (Å²) < 4.78 is 44.5. The molecule has 0 spiro atoms. The number of aromatic nitrogens is 4. The fraction of sp³-hybridized carbons (Fsp3) is 0.133. The van der Waals surface area contributed by atoms with Crippen LogP contribution >= 0.6 is 0 Å². The lowest BCUT2D eigenvalue weighted by molar-refractivity contribution is -0.0524. The molecule has 0 bridgehead atoms. The molecule has 0 aliphatic rings. The quantitative estimate of drug-likeness (QED) is 0.725. The van der Waals surface area contributed by atoms with Gasteiger partial charge in [0.15, 0.2) is 0 Å². The van der Waals surface area contributed by atoms with Gasteiger partial charge in [-0.3, -0.25) is 0 Å². The van der Waals surface area contributed by atoms with Crippen LogP contribution in [0.1, 0.15) is 5.56 Å². The molecule has 5 nitrogen and oxygen atoms in total. The van der Waals surface area contributed by atoms with E-state index in [9.17, 15) is 13.2 Å². The number of nitrogens with zero attached hydrogens (tertiary/aromatic N) is 4. The second kappa shape index (κ2) is 6.47.